The number of rotatable bonds is 8. The largest absolute Gasteiger partial charge is 0.497 e. The molecule has 0 unspecified atom stereocenters. The Balaban J connectivity index is 1.45. The standard InChI is InChI=1S/C20H19FN4O3/c1-27-14-6-8-15(9-7-14)28-13-12-22-20(26)18-10-11-19(25-24-18)23-17-5-3-2-4-16(17)21/h2-11H,12-13H2,1H3,(H,22,26)(H,23,25). The predicted octanol–water partition coefficient (Wildman–Crippen LogP) is 3.18. The molecule has 0 saturated heterocycles. The number of ether oxygens (including phenoxy) is 2. The third-order valence-electron chi connectivity index (χ3n) is 3.75. The maximum absolute atomic E-state index is 13.6. The first-order valence-corrected chi connectivity index (χ1v) is 8.56. The molecule has 7 nitrogen and oxygen atoms in total. The minimum absolute atomic E-state index is 0.156. The second kappa shape index (κ2) is 9.31. The zero-order valence-corrected chi connectivity index (χ0v) is 15.2. The van der Waals surface area contributed by atoms with Crippen LogP contribution >= 0.6 is 0 Å². The normalized spacial score (nSPS) is 10.2. The molecule has 0 aliphatic carbocycles. The number of halogens is 1. The second-order valence-electron chi connectivity index (χ2n) is 5.69. The van der Waals surface area contributed by atoms with E-state index in [1.54, 1.807) is 55.6 Å². The number of benzene rings is 2. The number of para-hydroxylation sites is 1. The van der Waals surface area contributed by atoms with Crippen LogP contribution in [-0.2, 0) is 0 Å². The van der Waals surface area contributed by atoms with Gasteiger partial charge in [-0.15, -0.1) is 10.2 Å². The minimum Gasteiger partial charge on any atom is -0.497 e. The molecule has 144 valence electrons. The molecule has 1 amide bonds. The third kappa shape index (κ3) is 5.16. The van der Waals surface area contributed by atoms with Gasteiger partial charge in [-0.1, -0.05) is 12.1 Å². The molecule has 0 fully saturated rings. The molecule has 0 atom stereocenters. The minimum atomic E-state index is -0.400. The van der Waals surface area contributed by atoms with Crippen LogP contribution in [0.4, 0.5) is 15.9 Å². The van der Waals surface area contributed by atoms with Gasteiger partial charge in [0.2, 0.25) is 0 Å². The fraction of sp³-hybridized carbons (Fsp3) is 0.150. The number of nitrogens with one attached hydrogen (secondary N) is 2. The number of amides is 1. The smallest absolute Gasteiger partial charge is 0.271 e. The maximum Gasteiger partial charge on any atom is 0.271 e. The second-order valence-corrected chi connectivity index (χ2v) is 5.69. The van der Waals surface area contributed by atoms with Crippen LogP contribution in [0.2, 0.25) is 0 Å². The summed E-state index contributed by atoms with van der Waals surface area (Å²) >= 11 is 0. The van der Waals surface area contributed by atoms with Crippen LogP contribution in [0.5, 0.6) is 11.5 Å². The Kier molecular flexibility index (Phi) is 6.35. The van der Waals surface area contributed by atoms with E-state index in [1.807, 2.05) is 0 Å². The fourth-order valence-corrected chi connectivity index (χ4v) is 2.32. The summed E-state index contributed by atoms with van der Waals surface area (Å²) in [6.07, 6.45) is 0. The lowest BCUT2D eigenvalue weighted by atomic mass is 10.3. The molecular weight excluding hydrogens is 363 g/mol. The molecular formula is C20H19FN4O3. The van der Waals surface area contributed by atoms with Gasteiger partial charge in [-0.25, -0.2) is 4.39 Å². The highest BCUT2D eigenvalue weighted by Gasteiger charge is 2.09. The summed E-state index contributed by atoms with van der Waals surface area (Å²) in [5.74, 6) is 0.987. The molecule has 0 bridgehead atoms. The summed E-state index contributed by atoms with van der Waals surface area (Å²) in [7, 11) is 1.59. The van der Waals surface area contributed by atoms with E-state index in [1.165, 1.54) is 12.1 Å². The summed E-state index contributed by atoms with van der Waals surface area (Å²) in [6.45, 7) is 0.611. The van der Waals surface area contributed by atoms with Crippen molar-refractivity contribution in [2.45, 2.75) is 0 Å². The lowest BCUT2D eigenvalue weighted by Gasteiger charge is -2.09. The van der Waals surface area contributed by atoms with Crippen LogP contribution in [-0.4, -0.2) is 36.4 Å². The summed E-state index contributed by atoms with van der Waals surface area (Å²) < 4.78 is 24.2. The Hall–Kier alpha value is -3.68. The Morgan fingerprint density at radius 1 is 1.00 bits per heavy atom. The Morgan fingerprint density at radius 3 is 2.43 bits per heavy atom. The zero-order valence-electron chi connectivity index (χ0n) is 15.2. The molecule has 0 saturated carbocycles. The predicted molar refractivity (Wildman–Crippen MR) is 103 cm³/mol. The highest BCUT2D eigenvalue weighted by atomic mass is 19.1. The van der Waals surface area contributed by atoms with Crippen molar-refractivity contribution < 1.29 is 18.7 Å². The molecule has 0 aliphatic heterocycles. The summed E-state index contributed by atoms with van der Waals surface area (Å²) in [6, 6.07) is 16.4. The number of methoxy groups -OCH3 is 1. The van der Waals surface area contributed by atoms with Gasteiger partial charge in [0, 0.05) is 0 Å². The lowest BCUT2D eigenvalue weighted by Crippen LogP contribution is -2.29. The highest BCUT2D eigenvalue weighted by Crippen LogP contribution is 2.18. The molecule has 0 radical (unpaired) electrons. The number of carbonyl (C=O) groups excluding carboxylic acids is 1. The summed E-state index contributed by atoms with van der Waals surface area (Å²) in [5, 5.41) is 13.3. The summed E-state index contributed by atoms with van der Waals surface area (Å²) in [4.78, 5) is 12.1. The van der Waals surface area contributed by atoms with Crippen molar-refractivity contribution in [1.29, 1.82) is 0 Å². The van der Waals surface area contributed by atoms with Crippen LogP contribution in [0.15, 0.2) is 60.7 Å². The number of aromatic nitrogens is 2. The Bertz CT molecular complexity index is 917. The van der Waals surface area contributed by atoms with Gasteiger partial charge < -0.3 is 20.1 Å². The van der Waals surface area contributed by atoms with E-state index in [2.05, 4.69) is 20.8 Å². The molecule has 2 N–H and O–H groups in total. The number of carbonyl (C=O) groups is 1. The maximum atomic E-state index is 13.6. The van der Waals surface area contributed by atoms with E-state index in [0.29, 0.717) is 24.7 Å². The molecule has 28 heavy (non-hydrogen) atoms. The Labute approximate surface area is 161 Å². The first kappa shape index (κ1) is 19.1. The van der Waals surface area contributed by atoms with Crippen molar-refractivity contribution in [3.8, 4) is 11.5 Å². The van der Waals surface area contributed by atoms with Gasteiger partial charge in [0.25, 0.3) is 5.91 Å². The van der Waals surface area contributed by atoms with Crippen molar-refractivity contribution in [2.24, 2.45) is 0 Å². The molecule has 0 spiro atoms. The first-order valence-electron chi connectivity index (χ1n) is 8.56. The molecule has 2 aromatic carbocycles. The van der Waals surface area contributed by atoms with Gasteiger partial charge in [-0.3, -0.25) is 4.79 Å². The van der Waals surface area contributed by atoms with Gasteiger partial charge in [-0.05, 0) is 48.5 Å². The average Bonchev–Trinajstić information content (AvgIpc) is 2.73. The molecule has 1 aromatic heterocycles. The van der Waals surface area contributed by atoms with Gasteiger partial charge in [0.15, 0.2) is 11.5 Å². The van der Waals surface area contributed by atoms with E-state index < -0.39 is 5.82 Å². The molecule has 8 heteroatoms. The zero-order chi connectivity index (χ0) is 19.8. The molecule has 3 rings (SSSR count). The van der Waals surface area contributed by atoms with Crippen molar-refractivity contribution in [2.75, 3.05) is 25.6 Å². The van der Waals surface area contributed by atoms with Crippen molar-refractivity contribution >= 4 is 17.4 Å². The SMILES string of the molecule is COc1ccc(OCCNC(=O)c2ccc(Nc3ccccc3F)nn2)cc1. The van der Waals surface area contributed by atoms with Crippen LogP contribution in [0.25, 0.3) is 0 Å². The first-order chi connectivity index (χ1) is 13.7. The Morgan fingerprint density at radius 2 is 1.75 bits per heavy atom. The number of nitrogens with zero attached hydrogens (tertiary/aromatic N) is 2. The lowest BCUT2D eigenvalue weighted by molar-refractivity contribution is 0.0941. The van der Waals surface area contributed by atoms with Gasteiger partial charge in [0.1, 0.15) is 23.9 Å². The van der Waals surface area contributed by atoms with Gasteiger partial charge in [-0.2, -0.15) is 0 Å². The topological polar surface area (TPSA) is 85.4 Å². The molecule has 0 aliphatic rings. The van der Waals surface area contributed by atoms with Gasteiger partial charge >= 0.3 is 0 Å². The van der Waals surface area contributed by atoms with Crippen LogP contribution < -0.4 is 20.1 Å². The van der Waals surface area contributed by atoms with Crippen molar-refractivity contribution in [1.82, 2.24) is 15.5 Å². The van der Waals surface area contributed by atoms with Crippen LogP contribution in [0.3, 0.4) is 0 Å². The van der Waals surface area contributed by atoms with Gasteiger partial charge in [0.05, 0.1) is 19.3 Å². The number of hydrogen-bond acceptors (Lipinski definition) is 6. The third-order valence-corrected chi connectivity index (χ3v) is 3.75. The van der Waals surface area contributed by atoms with Crippen molar-refractivity contribution in [3.63, 3.8) is 0 Å². The molecule has 3 aromatic rings. The molecule has 1 heterocycles. The quantitative estimate of drug-likeness (QED) is 0.582. The van der Waals surface area contributed by atoms with Crippen LogP contribution in [0.1, 0.15) is 10.5 Å². The van der Waals surface area contributed by atoms with E-state index in [-0.39, 0.29) is 17.3 Å². The fourth-order valence-electron chi connectivity index (χ4n) is 2.32. The van der Waals surface area contributed by atoms with E-state index in [0.717, 1.165) is 5.75 Å². The van der Waals surface area contributed by atoms with Crippen molar-refractivity contribution in [3.05, 3.63) is 72.2 Å². The van der Waals surface area contributed by atoms with E-state index in [9.17, 15) is 9.18 Å². The number of hydrogen-bond donors (Lipinski definition) is 2. The number of anilines is 2. The monoisotopic (exact) mass is 382 g/mol. The van der Waals surface area contributed by atoms with E-state index in [4.69, 9.17) is 9.47 Å². The van der Waals surface area contributed by atoms with E-state index >= 15 is 0 Å². The highest BCUT2D eigenvalue weighted by molar-refractivity contribution is 5.92. The summed E-state index contributed by atoms with van der Waals surface area (Å²) in [5.41, 5.74) is 0.438. The average molecular weight is 382 g/mol. The van der Waals surface area contributed by atoms with Crippen LogP contribution in [0, 0.1) is 5.82 Å².